The summed E-state index contributed by atoms with van der Waals surface area (Å²) in [5.74, 6) is -0.194. The minimum atomic E-state index is -0.141. The van der Waals surface area contributed by atoms with Crippen molar-refractivity contribution < 1.29 is 9.59 Å². The van der Waals surface area contributed by atoms with E-state index in [0.717, 1.165) is 32.1 Å². The molecule has 0 unspecified atom stereocenters. The van der Waals surface area contributed by atoms with Gasteiger partial charge in [-0.25, -0.2) is 0 Å². The molecule has 1 aliphatic rings. The van der Waals surface area contributed by atoms with Crippen LogP contribution in [0.5, 0.6) is 0 Å². The van der Waals surface area contributed by atoms with Gasteiger partial charge in [-0.2, -0.15) is 0 Å². The molecule has 4 heteroatoms. The number of unbranched alkanes of at least 4 members (excludes halogenated alkanes) is 1. The molecule has 0 atom stereocenters. The molecule has 1 saturated carbocycles. The first kappa shape index (κ1) is 17.2. The second-order valence-corrected chi connectivity index (χ2v) is 6.58. The van der Waals surface area contributed by atoms with Crippen LogP contribution in [-0.2, 0) is 6.42 Å². The number of carbonyl (C=O) groups excluding carboxylic acids is 2. The molecule has 25 heavy (non-hydrogen) atoms. The molecule has 130 valence electrons. The number of amides is 2. The van der Waals surface area contributed by atoms with Crippen LogP contribution in [0.2, 0.25) is 0 Å². The Morgan fingerprint density at radius 3 is 2.12 bits per heavy atom. The largest absolute Gasteiger partial charge is 0.349 e. The first-order valence-corrected chi connectivity index (χ1v) is 8.97. The molecular weight excluding hydrogens is 312 g/mol. The van der Waals surface area contributed by atoms with E-state index in [0.29, 0.717) is 22.9 Å². The number of hydrogen-bond acceptors (Lipinski definition) is 2. The Balaban J connectivity index is 1.57. The van der Waals surface area contributed by atoms with Crippen molar-refractivity contribution in [2.75, 3.05) is 5.32 Å². The summed E-state index contributed by atoms with van der Waals surface area (Å²) in [5, 5.41) is 5.82. The fourth-order valence-electron chi connectivity index (χ4n) is 2.61. The molecule has 2 aromatic rings. The van der Waals surface area contributed by atoms with E-state index in [1.165, 1.54) is 5.56 Å². The molecule has 0 aliphatic heterocycles. The van der Waals surface area contributed by atoms with Gasteiger partial charge in [0.25, 0.3) is 11.8 Å². The number of hydrogen-bond donors (Lipinski definition) is 2. The first-order valence-electron chi connectivity index (χ1n) is 8.97. The van der Waals surface area contributed by atoms with E-state index in [-0.39, 0.29) is 11.8 Å². The second-order valence-electron chi connectivity index (χ2n) is 6.58. The Morgan fingerprint density at radius 2 is 1.52 bits per heavy atom. The zero-order chi connectivity index (χ0) is 17.6. The number of benzene rings is 2. The molecule has 0 radical (unpaired) electrons. The summed E-state index contributed by atoms with van der Waals surface area (Å²) in [5.41, 5.74) is 3.19. The molecular formula is C21H24N2O2. The van der Waals surface area contributed by atoms with E-state index in [4.69, 9.17) is 0 Å². The maximum absolute atomic E-state index is 12.3. The third kappa shape index (κ3) is 4.92. The van der Waals surface area contributed by atoms with E-state index < -0.39 is 0 Å². The lowest BCUT2D eigenvalue weighted by Crippen LogP contribution is -2.25. The predicted octanol–water partition coefficient (Wildman–Crippen LogP) is 4.17. The van der Waals surface area contributed by atoms with Gasteiger partial charge < -0.3 is 10.6 Å². The van der Waals surface area contributed by atoms with Gasteiger partial charge in [0.1, 0.15) is 0 Å². The molecule has 0 saturated heterocycles. The van der Waals surface area contributed by atoms with Crippen LogP contribution in [0.15, 0.2) is 48.5 Å². The summed E-state index contributed by atoms with van der Waals surface area (Å²) < 4.78 is 0. The standard InChI is InChI=1S/C21H24N2O2/c1-2-3-4-15-5-7-16(8-6-15)20(24)22-18-11-9-17(10-12-18)21(25)23-19-13-14-19/h5-12,19H,2-4,13-14H2,1H3,(H,22,24)(H,23,25). The zero-order valence-electron chi connectivity index (χ0n) is 14.5. The van der Waals surface area contributed by atoms with Gasteiger partial charge in [0.05, 0.1) is 0 Å². The Bertz CT molecular complexity index is 731. The van der Waals surface area contributed by atoms with Gasteiger partial charge in [-0.15, -0.1) is 0 Å². The first-order chi connectivity index (χ1) is 12.2. The van der Waals surface area contributed by atoms with E-state index in [1.807, 2.05) is 24.3 Å². The third-order valence-electron chi connectivity index (χ3n) is 4.35. The van der Waals surface area contributed by atoms with E-state index in [9.17, 15) is 9.59 Å². The Hall–Kier alpha value is -2.62. The molecule has 2 N–H and O–H groups in total. The summed E-state index contributed by atoms with van der Waals surface area (Å²) in [6.07, 6.45) is 5.50. The fraction of sp³-hybridized carbons (Fsp3) is 0.333. The summed E-state index contributed by atoms with van der Waals surface area (Å²) in [7, 11) is 0. The van der Waals surface area contributed by atoms with E-state index in [2.05, 4.69) is 17.6 Å². The van der Waals surface area contributed by atoms with Crippen molar-refractivity contribution in [1.82, 2.24) is 5.32 Å². The predicted molar refractivity (Wildman–Crippen MR) is 99.9 cm³/mol. The Morgan fingerprint density at radius 1 is 0.920 bits per heavy atom. The topological polar surface area (TPSA) is 58.2 Å². The summed E-state index contributed by atoms with van der Waals surface area (Å²) in [6.45, 7) is 2.17. The van der Waals surface area contributed by atoms with E-state index in [1.54, 1.807) is 24.3 Å². The van der Waals surface area contributed by atoms with Crippen molar-refractivity contribution in [3.63, 3.8) is 0 Å². The van der Waals surface area contributed by atoms with Gasteiger partial charge in [-0.05, 0) is 67.6 Å². The lowest BCUT2D eigenvalue weighted by atomic mass is 10.1. The van der Waals surface area contributed by atoms with Gasteiger partial charge in [0.15, 0.2) is 0 Å². The van der Waals surface area contributed by atoms with Crippen LogP contribution in [0.3, 0.4) is 0 Å². The maximum atomic E-state index is 12.3. The molecule has 0 bridgehead atoms. The van der Waals surface area contributed by atoms with Crippen molar-refractivity contribution in [2.45, 2.75) is 45.1 Å². The van der Waals surface area contributed by atoms with Gasteiger partial charge in [-0.3, -0.25) is 9.59 Å². The number of carbonyl (C=O) groups is 2. The van der Waals surface area contributed by atoms with Gasteiger partial charge in [-0.1, -0.05) is 25.5 Å². The second kappa shape index (κ2) is 7.97. The molecule has 0 heterocycles. The average molecular weight is 336 g/mol. The van der Waals surface area contributed by atoms with Crippen LogP contribution in [0, 0.1) is 0 Å². The zero-order valence-corrected chi connectivity index (χ0v) is 14.5. The minimum absolute atomic E-state index is 0.0527. The highest BCUT2D eigenvalue weighted by Crippen LogP contribution is 2.20. The minimum Gasteiger partial charge on any atom is -0.349 e. The molecule has 0 spiro atoms. The quantitative estimate of drug-likeness (QED) is 0.797. The van der Waals surface area contributed by atoms with Gasteiger partial charge in [0, 0.05) is 22.9 Å². The van der Waals surface area contributed by atoms with Crippen molar-refractivity contribution in [3.05, 3.63) is 65.2 Å². The van der Waals surface area contributed by atoms with Crippen molar-refractivity contribution in [1.29, 1.82) is 0 Å². The highest BCUT2D eigenvalue weighted by molar-refractivity contribution is 6.04. The van der Waals surface area contributed by atoms with Crippen LogP contribution in [0.1, 0.15) is 58.9 Å². The van der Waals surface area contributed by atoms with Crippen LogP contribution < -0.4 is 10.6 Å². The Kier molecular flexibility index (Phi) is 5.49. The highest BCUT2D eigenvalue weighted by Gasteiger charge is 2.23. The molecule has 2 amide bonds. The van der Waals surface area contributed by atoms with Crippen LogP contribution in [-0.4, -0.2) is 17.9 Å². The maximum Gasteiger partial charge on any atom is 0.255 e. The summed E-state index contributed by atoms with van der Waals surface area (Å²) in [6, 6.07) is 15.1. The molecule has 3 rings (SSSR count). The molecule has 1 fully saturated rings. The van der Waals surface area contributed by atoms with Crippen LogP contribution in [0.4, 0.5) is 5.69 Å². The Labute approximate surface area is 148 Å². The third-order valence-corrected chi connectivity index (χ3v) is 4.35. The average Bonchev–Trinajstić information content (AvgIpc) is 3.45. The van der Waals surface area contributed by atoms with Crippen molar-refractivity contribution in [2.24, 2.45) is 0 Å². The van der Waals surface area contributed by atoms with Crippen molar-refractivity contribution >= 4 is 17.5 Å². The monoisotopic (exact) mass is 336 g/mol. The number of nitrogens with one attached hydrogen (secondary N) is 2. The van der Waals surface area contributed by atoms with Crippen LogP contribution >= 0.6 is 0 Å². The van der Waals surface area contributed by atoms with Gasteiger partial charge in [0.2, 0.25) is 0 Å². The van der Waals surface area contributed by atoms with E-state index >= 15 is 0 Å². The number of aryl methyl sites for hydroxylation is 1. The molecule has 1 aliphatic carbocycles. The molecule has 2 aromatic carbocycles. The fourth-order valence-corrected chi connectivity index (χ4v) is 2.61. The summed E-state index contributed by atoms with van der Waals surface area (Å²) in [4.78, 5) is 24.3. The SMILES string of the molecule is CCCCc1ccc(C(=O)Nc2ccc(C(=O)NC3CC3)cc2)cc1. The molecule has 0 aromatic heterocycles. The highest BCUT2D eigenvalue weighted by atomic mass is 16.2. The van der Waals surface area contributed by atoms with Crippen LogP contribution in [0.25, 0.3) is 0 Å². The lowest BCUT2D eigenvalue weighted by molar-refractivity contribution is 0.0950. The number of rotatable bonds is 7. The molecule has 4 nitrogen and oxygen atoms in total. The van der Waals surface area contributed by atoms with Crippen molar-refractivity contribution in [3.8, 4) is 0 Å². The smallest absolute Gasteiger partial charge is 0.255 e. The lowest BCUT2D eigenvalue weighted by Gasteiger charge is -2.08. The van der Waals surface area contributed by atoms with Gasteiger partial charge >= 0.3 is 0 Å². The summed E-state index contributed by atoms with van der Waals surface area (Å²) >= 11 is 0. The normalized spacial score (nSPS) is 13.3. The number of anilines is 1.